The highest BCUT2D eigenvalue weighted by Gasteiger charge is 2.16. The molecule has 2 heterocycles. The zero-order chi connectivity index (χ0) is 11.8. The van der Waals surface area contributed by atoms with Gasteiger partial charge in [-0.05, 0) is 18.2 Å². The molecule has 0 bridgehead atoms. The topological polar surface area (TPSA) is 33.6 Å². The van der Waals surface area contributed by atoms with Crippen molar-refractivity contribution in [1.29, 1.82) is 0 Å². The maximum atomic E-state index is 5.34. The normalized spacial score (nSPS) is 11.7. The van der Waals surface area contributed by atoms with Crippen LogP contribution in [-0.4, -0.2) is 14.8 Å². The molecule has 0 spiro atoms. The lowest BCUT2D eigenvalue weighted by Gasteiger charge is -2.15. The molecule has 3 nitrogen and oxygen atoms in total. The summed E-state index contributed by atoms with van der Waals surface area (Å²) in [5.74, 6) is 0. The Morgan fingerprint density at radius 1 is 1.25 bits per heavy atom. The molecule has 0 amide bonds. The van der Waals surface area contributed by atoms with Gasteiger partial charge in [0, 0.05) is 23.5 Å². The second kappa shape index (κ2) is 3.87. The van der Waals surface area contributed by atoms with Gasteiger partial charge in [-0.15, -0.1) is 0 Å². The third-order valence-electron chi connectivity index (χ3n) is 2.45. The zero-order valence-electron chi connectivity index (χ0n) is 9.69. The van der Waals surface area contributed by atoms with Crippen LogP contribution < -0.4 is 0 Å². The van der Waals surface area contributed by atoms with Crippen molar-refractivity contribution in [1.82, 2.24) is 14.8 Å². The summed E-state index contributed by atoms with van der Waals surface area (Å²) < 4.78 is 2.69. The Labute approximate surface area is 100 Å². The Kier molecular flexibility index (Phi) is 2.68. The van der Waals surface area contributed by atoms with Gasteiger partial charge in [0.2, 0.25) is 0 Å². The second-order valence-corrected chi connectivity index (χ2v) is 5.22. The minimum Gasteiger partial charge on any atom is -0.296 e. The van der Waals surface area contributed by atoms with E-state index >= 15 is 0 Å². The van der Waals surface area contributed by atoms with Crippen molar-refractivity contribution in [3.63, 3.8) is 0 Å². The highest BCUT2D eigenvalue weighted by molar-refractivity contribution is 7.71. The monoisotopic (exact) mass is 233 g/mol. The van der Waals surface area contributed by atoms with Crippen molar-refractivity contribution in [2.45, 2.75) is 26.2 Å². The predicted octanol–water partition coefficient (Wildman–Crippen LogP) is 3.23. The van der Waals surface area contributed by atoms with E-state index < -0.39 is 0 Å². The predicted molar refractivity (Wildman–Crippen MR) is 67.4 cm³/mol. The fourth-order valence-corrected chi connectivity index (χ4v) is 1.73. The molecule has 0 saturated carbocycles. The third kappa shape index (κ3) is 2.07. The second-order valence-electron chi connectivity index (χ2n) is 4.80. The Bertz CT molecular complexity index is 531. The summed E-state index contributed by atoms with van der Waals surface area (Å²) in [6.45, 7) is 6.47. The molecule has 0 aliphatic heterocycles. The quantitative estimate of drug-likeness (QED) is 0.767. The van der Waals surface area contributed by atoms with E-state index in [1.165, 1.54) is 0 Å². The molecule has 0 saturated heterocycles. The molecule has 0 radical (unpaired) electrons. The highest BCUT2D eigenvalue weighted by atomic mass is 32.1. The summed E-state index contributed by atoms with van der Waals surface area (Å²) in [5.41, 5.74) is 2.22. The van der Waals surface area contributed by atoms with Crippen molar-refractivity contribution in [2.75, 3.05) is 0 Å². The summed E-state index contributed by atoms with van der Waals surface area (Å²) >= 11 is 5.34. The first-order valence-corrected chi connectivity index (χ1v) is 5.62. The van der Waals surface area contributed by atoms with Gasteiger partial charge >= 0.3 is 0 Å². The Morgan fingerprint density at radius 2 is 1.88 bits per heavy atom. The molecule has 4 heteroatoms. The molecule has 2 rings (SSSR count). The third-order valence-corrected chi connectivity index (χ3v) is 2.75. The van der Waals surface area contributed by atoms with E-state index in [1.54, 1.807) is 12.4 Å². The number of hydrogen-bond donors (Lipinski definition) is 1. The van der Waals surface area contributed by atoms with E-state index in [4.69, 9.17) is 12.2 Å². The molecule has 0 fully saturated rings. The molecule has 0 unspecified atom stereocenters. The zero-order valence-corrected chi connectivity index (χ0v) is 10.5. The van der Waals surface area contributed by atoms with Gasteiger partial charge in [0.25, 0.3) is 0 Å². The maximum absolute atomic E-state index is 5.34. The lowest BCUT2D eigenvalue weighted by molar-refractivity contribution is 0.560. The van der Waals surface area contributed by atoms with Crippen LogP contribution in [0.4, 0.5) is 0 Å². The molecule has 1 N–H and O–H groups in total. The van der Waals surface area contributed by atoms with Crippen LogP contribution in [0.15, 0.2) is 30.6 Å². The number of aromatic nitrogens is 3. The molecule has 0 aromatic carbocycles. The average molecular weight is 233 g/mol. The number of rotatable bonds is 1. The molecular weight excluding hydrogens is 218 g/mol. The van der Waals surface area contributed by atoms with E-state index in [0.29, 0.717) is 0 Å². The van der Waals surface area contributed by atoms with E-state index in [1.807, 2.05) is 22.9 Å². The van der Waals surface area contributed by atoms with Gasteiger partial charge in [-0.1, -0.05) is 33.0 Å². The number of nitrogens with one attached hydrogen (secondary N) is 1. The van der Waals surface area contributed by atoms with E-state index in [9.17, 15) is 0 Å². The minimum atomic E-state index is 0.0752. The lowest BCUT2D eigenvalue weighted by Crippen LogP contribution is -2.12. The lowest BCUT2D eigenvalue weighted by atomic mass is 9.93. The number of pyridine rings is 1. The van der Waals surface area contributed by atoms with Crippen LogP contribution >= 0.6 is 12.2 Å². The van der Waals surface area contributed by atoms with Crippen molar-refractivity contribution >= 4 is 12.2 Å². The van der Waals surface area contributed by atoms with Crippen LogP contribution in [0.25, 0.3) is 5.69 Å². The van der Waals surface area contributed by atoms with Gasteiger partial charge in [-0.3, -0.25) is 10.1 Å². The fourth-order valence-electron chi connectivity index (χ4n) is 1.46. The van der Waals surface area contributed by atoms with Crippen LogP contribution in [0.5, 0.6) is 0 Å². The molecule has 0 aliphatic rings. The van der Waals surface area contributed by atoms with Gasteiger partial charge in [-0.2, -0.15) is 0 Å². The Balaban J connectivity index is 2.53. The first kappa shape index (κ1) is 11.1. The van der Waals surface area contributed by atoms with Crippen LogP contribution in [0.3, 0.4) is 0 Å². The SMILES string of the molecule is CC(C)(C)c1cc(=S)n(-c2ccncc2)[nH]1. The first-order chi connectivity index (χ1) is 7.48. The average Bonchev–Trinajstić information content (AvgIpc) is 2.61. The van der Waals surface area contributed by atoms with Gasteiger partial charge in [0.15, 0.2) is 0 Å². The van der Waals surface area contributed by atoms with Crippen molar-refractivity contribution < 1.29 is 0 Å². The summed E-state index contributed by atoms with van der Waals surface area (Å²) in [7, 11) is 0. The molecule has 0 atom stereocenters. The van der Waals surface area contributed by atoms with E-state index in [2.05, 4.69) is 30.9 Å². The van der Waals surface area contributed by atoms with E-state index in [0.717, 1.165) is 16.0 Å². The molecular formula is C12H15N3S. The fraction of sp³-hybridized carbons (Fsp3) is 0.333. The van der Waals surface area contributed by atoms with Crippen molar-refractivity contribution in [3.8, 4) is 5.69 Å². The summed E-state index contributed by atoms with van der Waals surface area (Å²) in [5, 5.41) is 3.32. The van der Waals surface area contributed by atoms with Gasteiger partial charge in [0.05, 0.1) is 5.69 Å². The van der Waals surface area contributed by atoms with Crippen LogP contribution in [0.1, 0.15) is 26.5 Å². The van der Waals surface area contributed by atoms with Gasteiger partial charge in [0.1, 0.15) is 4.64 Å². The highest BCUT2D eigenvalue weighted by Crippen LogP contribution is 2.21. The number of nitrogens with zero attached hydrogens (tertiary/aromatic N) is 2. The maximum Gasteiger partial charge on any atom is 0.127 e. The van der Waals surface area contributed by atoms with Crippen molar-refractivity contribution in [3.05, 3.63) is 40.9 Å². The molecule has 16 heavy (non-hydrogen) atoms. The summed E-state index contributed by atoms with van der Waals surface area (Å²) in [4.78, 5) is 3.99. The van der Waals surface area contributed by atoms with Gasteiger partial charge in [-0.25, -0.2) is 4.68 Å². The Morgan fingerprint density at radius 3 is 2.38 bits per heavy atom. The molecule has 2 aromatic heterocycles. The number of aromatic amines is 1. The first-order valence-electron chi connectivity index (χ1n) is 5.21. The van der Waals surface area contributed by atoms with Gasteiger partial charge < -0.3 is 0 Å². The summed E-state index contributed by atoms with van der Waals surface area (Å²) in [6, 6.07) is 5.87. The number of hydrogen-bond acceptors (Lipinski definition) is 2. The van der Waals surface area contributed by atoms with Crippen LogP contribution in [-0.2, 0) is 5.41 Å². The largest absolute Gasteiger partial charge is 0.296 e. The molecule has 0 aliphatic carbocycles. The molecule has 84 valence electrons. The smallest absolute Gasteiger partial charge is 0.127 e. The van der Waals surface area contributed by atoms with E-state index in [-0.39, 0.29) is 5.41 Å². The van der Waals surface area contributed by atoms with Crippen LogP contribution in [0.2, 0.25) is 0 Å². The van der Waals surface area contributed by atoms with Crippen molar-refractivity contribution in [2.24, 2.45) is 0 Å². The Hall–Kier alpha value is -1.42. The molecule has 2 aromatic rings. The standard InChI is InChI=1S/C12H15N3S/c1-12(2,3)10-8-11(16)15(14-10)9-4-6-13-7-5-9/h4-8,14H,1-3H3. The summed E-state index contributed by atoms with van der Waals surface area (Å²) in [6.07, 6.45) is 3.52. The minimum absolute atomic E-state index is 0.0752. The number of H-pyrrole nitrogens is 1. The van der Waals surface area contributed by atoms with Crippen LogP contribution in [0, 0.1) is 4.64 Å².